The number of carbonyl (C=O) groups is 2. The van der Waals surface area contributed by atoms with Crippen LogP contribution in [-0.2, 0) is 27.2 Å². The zero-order chi connectivity index (χ0) is 21.8. The maximum Gasteiger partial charge on any atom is 0.228 e. The van der Waals surface area contributed by atoms with Gasteiger partial charge in [0, 0.05) is 38.5 Å². The Morgan fingerprint density at radius 1 is 1.10 bits per heavy atom. The molecule has 3 aliphatic rings. The summed E-state index contributed by atoms with van der Waals surface area (Å²) in [6.45, 7) is 8.06. The van der Waals surface area contributed by atoms with Gasteiger partial charge in [-0.25, -0.2) is 0 Å². The first kappa shape index (κ1) is 22.3. The lowest BCUT2D eigenvalue weighted by molar-refractivity contribution is -0.130. The third-order valence-electron chi connectivity index (χ3n) is 6.79. The number of nitrogens with zero attached hydrogens (tertiary/aromatic N) is 1. The SMILES string of the molecule is CC(C)CN1C[C@@H](C(=O)NC[C@@H]2CCCO2)C[C@@H](C(=O)Nc2ccc3c(c2)CCC3)C1. The standard InChI is InChI=1S/C25H37N3O3/c1-17(2)14-28-15-20(24(29)26-13-23-7-4-10-31-23)11-21(16-28)25(30)27-22-9-8-18-5-3-6-19(18)12-22/h8-9,12,17,20-21,23H,3-7,10-11,13-16H2,1-2H3,(H,26,29)(H,27,30)/t20-,21+,23-/m0/s1. The Kier molecular flexibility index (Phi) is 7.28. The molecule has 4 rings (SSSR count). The van der Waals surface area contributed by atoms with E-state index in [1.54, 1.807) is 0 Å². The number of piperidine rings is 1. The van der Waals surface area contributed by atoms with Crippen LogP contribution in [0.15, 0.2) is 18.2 Å². The third kappa shape index (κ3) is 5.86. The Morgan fingerprint density at radius 2 is 1.87 bits per heavy atom. The van der Waals surface area contributed by atoms with Crippen molar-refractivity contribution in [1.82, 2.24) is 10.2 Å². The Bertz CT molecular complexity index is 788. The van der Waals surface area contributed by atoms with Crippen LogP contribution >= 0.6 is 0 Å². The molecule has 0 saturated carbocycles. The van der Waals surface area contributed by atoms with E-state index in [2.05, 4.69) is 41.5 Å². The Hall–Kier alpha value is -1.92. The Balaban J connectivity index is 1.38. The molecule has 0 aromatic heterocycles. The van der Waals surface area contributed by atoms with E-state index < -0.39 is 0 Å². The predicted octanol–water partition coefficient (Wildman–Crippen LogP) is 3.00. The highest BCUT2D eigenvalue weighted by molar-refractivity contribution is 5.93. The van der Waals surface area contributed by atoms with Gasteiger partial charge in [-0.3, -0.25) is 9.59 Å². The lowest BCUT2D eigenvalue weighted by atomic mass is 9.87. The van der Waals surface area contributed by atoms with E-state index in [0.717, 1.165) is 51.1 Å². The van der Waals surface area contributed by atoms with Crippen molar-refractivity contribution in [3.63, 3.8) is 0 Å². The molecule has 31 heavy (non-hydrogen) atoms. The molecule has 6 heteroatoms. The summed E-state index contributed by atoms with van der Waals surface area (Å²) in [7, 11) is 0. The lowest BCUT2D eigenvalue weighted by Crippen LogP contribution is -2.50. The average molecular weight is 428 g/mol. The zero-order valence-electron chi connectivity index (χ0n) is 19.0. The average Bonchev–Trinajstić information content (AvgIpc) is 3.42. The van der Waals surface area contributed by atoms with Crippen molar-refractivity contribution in [1.29, 1.82) is 0 Å². The molecular weight excluding hydrogens is 390 g/mol. The number of nitrogens with one attached hydrogen (secondary N) is 2. The monoisotopic (exact) mass is 427 g/mol. The zero-order valence-corrected chi connectivity index (χ0v) is 19.0. The highest BCUT2D eigenvalue weighted by Crippen LogP contribution is 2.27. The first-order valence-corrected chi connectivity index (χ1v) is 12.0. The van der Waals surface area contributed by atoms with Crippen LogP contribution in [0.1, 0.15) is 50.7 Å². The largest absolute Gasteiger partial charge is 0.376 e. The van der Waals surface area contributed by atoms with Gasteiger partial charge in [0.15, 0.2) is 0 Å². The van der Waals surface area contributed by atoms with Crippen LogP contribution in [0.2, 0.25) is 0 Å². The fraction of sp³-hybridized carbons (Fsp3) is 0.680. The van der Waals surface area contributed by atoms with Gasteiger partial charge in [-0.05, 0) is 67.7 Å². The van der Waals surface area contributed by atoms with Crippen molar-refractivity contribution in [2.24, 2.45) is 17.8 Å². The molecule has 2 fully saturated rings. The van der Waals surface area contributed by atoms with Crippen LogP contribution in [0.4, 0.5) is 5.69 Å². The number of ether oxygens (including phenoxy) is 1. The number of rotatable bonds is 7. The second kappa shape index (κ2) is 10.1. The Morgan fingerprint density at radius 3 is 2.61 bits per heavy atom. The second-order valence-corrected chi connectivity index (χ2v) is 9.95. The van der Waals surface area contributed by atoms with E-state index in [4.69, 9.17) is 4.74 Å². The first-order chi connectivity index (χ1) is 15.0. The molecule has 2 saturated heterocycles. The van der Waals surface area contributed by atoms with Gasteiger partial charge in [0.1, 0.15) is 0 Å². The number of aryl methyl sites for hydroxylation is 2. The van der Waals surface area contributed by atoms with E-state index in [1.807, 2.05) is 6.07 Å². The van der Waals surface area contributed by atoms with Crippen molar-refractivity contribution in [3.8, 4) is 0 Å². The van der Waals surface area contributed by atoms with Crippen molar-refractivity contribution < 1.29 is 14.3 Å². The lowest BCUT2D eigenvalue weighted by Gasteiger charge is -2.37. The molecule has 6 nitrogen and oxygen atoms in total. The summed E-state index contributed by atoms with van der Waals surface area (Å²) < 4.78 is 5.63. The highest BCUT2D eigenvalue weighted by atomic mass is 16.5. The van der Waals surface area contributed by atoms with Crippen molar-refractivity contribution in [2.45, 2.75) is 58.5 Å². The number of hydrogen-bond acceptors (Lipinski definition) is 4. The van der Waals surface area contributed by atoms with Crippen LogP contribution in [0.5, 0.6) is 0 Å². The summed E-state index contributed by atoms with van der Waals surface area (Å²) in [6, 6.07) is 6.29. The molecule has 2 heterocycles. The van der Waals surface area contributed by atoms with Crippen LogP contribution in [-0.4, -0.2) is 55.6 Å². The number of benzene rings is 1. The summed E-state index contributed by atoms with van der Waals surface area (Å²) >= 11 is 0. The van der Waals surface area contributed by atoms with Crippen molar-refractivity contribution in [2.75, 3.05) is 38.1 Å². The first-order valence-electron chi connectivity index (χ1n) is 12.0. The number of likely N-dealkylation sites (tertiary alicyclic amines) is 1. The molecule has 2 amide bonds. The molecule has 0 radical (unpaired) electrons. The highest BCUT2D eigenvalue weighted by Gasteiger charge is 2.35. The Labute approximate surface area is 186 Å². The van der Waals surface area contributed by atoms with Gasteiger partial charge in [-0.15, -0.1) is 0 Å². The molecule has 0 unspecified atom stereocenters. The van der Waals surface area contributed by atoms with Crippen molar-refractivity contribution >= 4 is 17.5 Å². The molecule has 170 valence electrons. The summed E-state index contributed by atoms with van der Waals surface area (Å²) in [4.78, 5) is 28.3. The van der Waals surface area contributed by atoms with E-state index >= 15 is 0 Å². The smallest absolute Gasteiger partial charge is 0.228 e. The van der Waals surface area contributed by atoms with Gasteiger partial charge >= 0.3 is 0 Å². The third-order valence-corrected chi connectivity index (χ3v) is 6.79. The molecule has 2 N–H and O–H groups in total. The normalized spacial score (nSPS) is 26.1. The van der Waals surface area contributed by atoms with Gasteiger partial charge in [0.2, 0.25) is 11.8 Å². The minimum absolute atomic E-state index is 0.0309. The maximum atomic E-state index is 13.1. The van der Waals surface area contributed by atoms with Gasteiger partial charge in [-0.2, -0.15) is 0 Å². The second-order valence-electron chi connectivity index (χ2n) is 9.95. The number of fused-ring (bicyclic) bond motifs is 1. The minimum atomic E-state index is -0.181. The number of carbonyl (C=O) groups excluding carboxylic acids is 2. The summed E-state index contributed by atoms with van der Waals surface area (Å²) in [5.41, 5.74) is 3.64. The molecule has 1 aliphatic carbocycles. The number of hydrogen-bond donors (Lipinski definition) is 2. The van der Waals surface area contributed by atoms with E-state index in [1.165, 1.54) is 17.5 Å². The maximum absolute atomic E-state index is 13.1. The van der Waals surface area contributed by atoms with Gasteiger partial charge in [-0.1, -0.05) is 19.9 Å². The van der Waals surface area contributed by atoms with Crippen LogP contribution in [0.25, 0.3) is 0 Å². The van der Waals surface area contributed by atoms with Crippen LogP contribution in [0, 0.1) is 17.8 Å². The minimum Gasteiger partial charge on any atom is -0.376 e. The number of amides is 2. The summed E-state index contributed by atoms with van der Waals surface area (Å²) in [5, 5.41) is 6.22. The summed E-state index contributed by atoms with van der Waals surface area (Å²) in [5.74, 6) is 0.237. The molecule has 2 aliphatic heterocycles. The van der Waals surface area contributed by atoms with Gasteiger partial charge < -0.3 is 20.3 Å². The van der Waals surface area contributed by atoms with Gasteiger partial charge in [0.05, 0.1) is 17.9 Å². The fourth-order valence-corrected chi connectivity index (χ4v) is 5.29. The molecule has 1 aromatic carbocycles. The van der Waals surface area contributed by atoms with E-state index in [-0.39, 0.29) is 29.8 Å². The molecule has 0 spiro atoms. The van der Waals surface area contributed by atoms with E-state index in [9.17, 15) is 9.59 Å². The fourth-order valence-electron chi connectivity index (χ4n) is 5.29. The van der Waals surface area contributed by atoms with Gasteiger partial charge in [0.25, 0.3) is 0 Å². The topological polar surface area (TPSA) is 70.7 Å². The molecule has 3 atom stereocenters. The molecule has 1 aromatic rings. The van der Waals surface area contributed by atoms with E-state index in [0.29, 0.717) is 25.4 Å². The van der Waals surface area contributed by atoms with Crippen LogP contribution < -0.4 is 10.6 Å². The molecular formula is C25H37N3O3. The van der Waals surface area contributed by atoms with Crippen LogP contribution in [0.3, 0.4) is 0 Å². The quantitative estimate of drug-likeness (QED) is 0.702. The number of anilines is 1. The predicted molar refractivity (Wildman–Crippen MR) is 122 cm³/mol. The molecule has 0 bridgehead atoms. The summed E-state index contributed by atoms with van der Waals surface area (Å²) in [6.07, 6.45) is 6.24. The van der Waals surface area contributed by atoms with Crippen molar-refractivity contribution in [3.05, 3.63) is 29.3 Å².